The summed E-state index contributed by atoms with van der Waals surface area (Å²) >= 11 is 0. The number of aliphatic hydroxyl groups is 1. The first kappa shape index (κ1) is 12.2. The SMILES string of the molecule is CC1(C)CCCC1(O)Cc1ccc2c(c1)CCC2. The van der Waals surface area contributed by atoms with Crippen LogP contribution in [0.4, 0.5) is 0 Å². The number of fused-ring (bicyclic) bond motifs is 1. The number of hydrogen-bond donors (Lipinski definition) is 1. The molecule has 0 radical (unpaired) electrons. The highest BCUT2D eigenvalue weighted by Crippen LogP contribution is 2.47. The molecule has 0 amide bonds. The highest BCUT2D eigenvalue weighted by Gasteiger charge is 2.47. The van der Waals surface area contributed by atoms with Gasteiger partial charge in [-0.1, -0.05) is 32.0 Å². The molecule has 98 valence electrons. The van der Waals surface area contributed by atoms with Gasteiger partial charge in [-0.2, -0.15) is 0 Å². The Bertz CT molecular complexity index is 461. The highest BCUT2D eigenvalue weighted by molar-refractivity contribution is 5.36. The minimum absolute atomic E-state index is 0.0615. The van der Waals surface area contributed by atoms with Crippen molar-refractivity contribution in [2.24, 2.45) is 5.41 Å². The first-order chi connectivity index (χ1) is 8.50. The predicted octanol–water partition coefficient (Wildman–Crippen LogP) is 3.66. The zero-order valence-electron chi connectivity index (χ0n) is 11.6. The lowest BCUT2D eigenvalue weighted by molar-refractivity contribution is -0.0419. The topological polar surface area (TPSA) is 20.2 Å². The second-order valence-electron chi connectivity index (χ2n) is 6.90. The lowest BCUT2D eigenvalue weighted by atomic mass is 9.74. The zero-order chi connectivity index (χ0) is 12.8. The fourth-order valence-electron chi connectivity index (χ4n) is 3.79. The van der Waals surface area contributed by atoms with Crippen molar-refractivity contribution < 1.29 is 5.11 Å². The van der Waals surface area contributed by atoms with Gasteiger partial charge < -0.3 is 5.11 Å². The Kier molecular flexibility index (Phi) is 2.78. The van der Waals surface area contributed by atoms with Crippen LogP contribution in [0.2, 0.25) is 0 Å². The maximum Gasteiger partial charge on any atom is 0.0738 e. The molecule has 1 heteroatoms. The Hall–Kier alpha value is -0.820. The lowest BCUT2D eigenvalue weighted by Gasteiger charge is -2.37. The van der Waals surface area contributed by atoms with E-state index in [2.05, 4.69) is 32.0 Å². The van der Waals surface area contributed by atoms with Gasteiger partial charge in [-0.25, -0.2) is 0 Å². The molecule has 1 nitrogen and oxygen atoms in total. The van der Waals surface area contributed by atoms with Crippen LogP contribution < -0.4 is 0 Å². The van der Waals surface area contributed by atoms with Crippen LogP contribution in [0, 0.1) is 5.41 Å². The van der Waals surface area contributed by atoms with Gasteiger partial charge >= 0.3 is 0 Å². The van der Waals surface area contributed by atoms with Crippen molar-refractivity contribution in [2.75, 3.05) is 0 Å². The summed E-state index contributed by atoms with van der Waals surface area (Å²) in [6.45, 7) is 4.43. The van der Waals surface area contributed by atoms with Crippen LogP contribution >= 0.6 is 0 Å². The molecule has 1 N–H and O–H groups in total. The van der Waals surface area contributed by atoms with Crippen molar-refractivity contribution in [2.45, 2.75) is 64.4 Å². The van der Waals surface area contributed by atoms with Crippen LogP contribution in [0.3, 0.4) is 0 Å². The molecule has 0 spiro atoms. The van der Waals surface area contributed by atoms with E-state index in [1.54, 1.807) is 0 Å². The maximum absolute atomic E-state index is 10.9. The summed E-state index contributed by atoms with van der Waals surface area (Å²) in [5.41, 5.74) is 3.93. The molecule has 0 aliphatic heterocycles. The number of benzene rings is 1. The van der Waals surface area contributed by atoms with E-state index in [1.807, 2.05) is 0 Å². The molecule has 1 saturated carbocycles. The van der Waals surface area contributed by atoms with Gasteiger partial charge in [0.25, 0.3) is 0 Å². The van der Waals surface area contributed by atoms with Gasteiger partial charge in [0, 0.05) is 6.42 Å². The molecule has 2 aliphatic rings. The molecule has 0 heterocycles. The molecular weight excluding hydrogens is 220 g/mol. The average molecular weight is 244 g/mol. The van der Waals surface area contributed by atoms with Crippen molar-refractivity contribution >= 4 is 0 Å². The van der Waals surface area contributed by atoms with E-state index in [9.17, 15) is 5.11 Å². The van der Waals surface area contributed by atoms with Crippen molar-refractivity contribution in [1.82, 2.24) is 0 Å². The second-order valence-corrected chi connectivity index (χ2v) is 6.90. The summed E-state index contributed by atoms with van der Waals surface area (Å²) in [7, 11) is 0. The number of hydrogen-bond acceptors (Lipinski definition) is 1. The van der Waals surface area contributed by atoms with Crippen LogP contribution in [-0.2, 0) is 19.3 Å². The van der Waals surface area contributed by atoms with Gasteiger partial charge in [0.05, 0.1) is 5.60 Å². The summed E-state index contributed by atoms with van der Waals surface area (Å²) in [4.78, 5) is 0. The molecule has 0 bridgehead atoms. The molecule has 1 aromatic carbocycles. The Labute approximate surface area is 110 Å². The summed E-state index contributed by atoms with van der Waals surface area (Å²) in [6, 6.07) is 6.86. The molecule has 2 aliphatic carbocycles. The normalized spacial score (nSPS) is 29.5. The Balaban J connectivity index is 1.84. The first-order valence-electron chi connectivity index (χ1n) is 7.33. The molecule has 1 unspecified atom stereocenters. The molecule has 18 heavy (non-hydrogen) atoms. The molecule has 0 aromatic heterocycles. The lowest BCUT2D eigenvalue weighted by Crippen LogP contribution is -2.41. The largest absolute Gasteiger partial charge is 0.389 e. The zero-order valence-corrected chi connectivity index (χ0v) is 11.6. The van der Waals surface area contributed by atoms with Gasteiger partial charge in [-0.3, -0.25) is 0 Å². The van der Waals surface area contributed by atoms with Gasteiger partial charge in [-0.15, -0.1) is 0 Å². The van der Waals surface area contributed by atoms with E-state index >= 15 is 0 Å². The Morgan fingerprint density at radius 3 is 2.56 bits per heavy atom. The van der Waals surface area contributed by atoms with Crippen molar-refractivity contribution in [3.8, 4) is 0 Å². The molecular formula is C17H24O. The van der Waals surface area contributed by atoms with Crippen LogP contribution in [-0.4, -0.2) is 10.7 Å². The van der Waals surface area contributed by atoms with E-state index in [-0.39, 0.29) is 5.41 Å². The van der Waals surface area contributed by atoms with Crippen LogP contribution in [0.1, 0.15) is 56.2 Å². The third-order valence-corrected chi connectivity index (χ3v) is 5.31. The van der Waals surface area contributed by atoms with Crippen molar-refractivity contribution in [3.05, 3.63) is 34.9 Å². The summed E-state index contributed by atoms with van der Waals surface area (Å²) < 4.78 is 0. The second kappa shape index (κ2) is 4.09. The Morgan fingerprint density at radius 1 is 1.06 bits per heavy atom. The van der Waals surface area contributed by atoms with Gasteiger partial charge in [-0.05, 0) is 60.6 Å². The molecule has 3 rings (SSSR count). The van der Waals surface area contributed by atoms with Crippen LogP contribution in [0.15, 0.2) is 18.2 Å². The van der Waals surface area contributed by atoms with Crippen LogP contribution in [0.5, 0.6) is 0 Å². The maximum atomic E-state index is 10.9. The van der Waals surface area contributed by atoms with Gasteiger partial charge in [0.1, 0.15) is 0 Å². The minimum atomic E-state index is -0.500. The fraction of sp³-hybridized carbons (Fsp3) is 0.647. The predicted molar refractivity (Wildman–Crippen MR) is 74.8 cm³/mol. The quantitative estimate of drug-likeness (QED) is 0.841. The van der Waals surface area contributed by atoms with E-state index in [1.165, 1.54) is 36.0 Å². The first-order valence-corrected chi connectivity index (χ1v) is 7.33. The smallest absolute Gasteiger partial charge is 0.0738 e. The van der Waals surface area contributed by atoms with Gasteiger partial charge in [0.2, 0.25) is 0 Å². The summed E-state index contributed by atoms with van der Waals surface area (Å²) in [5.74, 6) is 0. The molecule has 1 aromatic rings. The standard InChI is InChI=1S/C17H24O/c1-16(2)9-4-10-17(16,18)12-13-7-8-14-5-3-6-15(14)11-13/h7-8,11,18H,3-6,9-10,12H2,1-2H3. The van der Waals surface area contributed by atoms with Crippen molar-refractivity contribution in [1.29, 1.82) is 0 Å². The number of rotatable bonds is 2. The van der Waals surface area contributed by atoms with E-state index in [4.69, 9.17) is 0 Å². The van der Waals surface area contributed by atoms with Gasteiger partial charge in [0.15, 0.2) is 0 Å². The van der Waals surface area contributed by atoms with Crippen LogP contribution in [0.25, 0.3) is 0 Å². The summed E-state index contributed by atoms with van der Waals surface area (Å²) in [5, 5.41) is 10.9. The minimum Gasteiger partial charge on any atom is -0.389 e. The van der Waals surface area contributed by atoms with E-state index in [0.717, 1.165) is 25.7 Å². The summed E-state index contributed by atoms with van der Waals surface area (Å²) in [6.07, 6.45) is 7.86. The monoisotopic (exact) mass is 244 g/mol. The van der Waals surface area contributed by atoms with Crippen molar-refractivity contribution in [3.63, 3.8) is 0 Å². The molecule has 0 saturated heterocycles. The highest BCUT2D eigenvalue weighted by atomic mass is 16.3. The third-order valence-electron chi connectivity index (χ3n) is 5.31. The van der Waals surface area contributed by atoms with E-state index in [0.29, 0.717) is 0 Å². The third kappa shape index (κ3) is 1.89. The fourth-order valence-corrected chi connectivity index (χ4v) is 3.79. The Morgan fingerprint density at radius 2 is 1.83 bits per heavy atom. The average Bonchev–Trinajstić information content (AvgIpc) is 2.84. The van der Waals surface area contributed by atoms with E-state index < -0.39 is 5.60 Å². The number of aryl methyl sites for hydroxylation is 2. The molecule has 1 atom stereocenters. The molecule has 1 fully saturated rings.